The zero-order valence-corrected chi connectivity index (χ0v) is 21.0. The van der Waals surface area contributed by atoms with Gasteiger partial charge in [-0.3, -0.25) is 14.4 Å². The Bertz CT molecular complexity index is 1230. The third-order valence-electron chi connectivity index (χ3n) is 5.59. The number of hydrogen-bond acceptors (Lipinski definition) is 4. The third-order valence-corrected chi connectivity index (χ3v) is 5.91. The molecule has 7 nitrogen and oxygen atoms in total. The van der Waals surface area contributed by atoms with E-state index in [9.17, 15) is 14.4 Å². The highest BCUT2D eigenvalue weighted by atomic mass is 35.5. The van der Waals surface area contributed by atoms with Crippen molar-refractivity contribution < 1.29 is 24.2 Å². The van der Waals surface area contributed by atoms with Gasteiger partial charge in [-0.1, -0.05) is 41.4 Å². The number of carboxylic acid groups (broad SMARTS) is 1. The Morgan fingerprint density at radius 2 is 1.69 bits per heavy atom. The fourth-order valence-corrected chi connectivity index (χ4v) is 3.81. The Balaban J connectivity index is 1.66. The lowest BCUT2D eigenvalue weighted by atomic mass is 10.1. The summed E-state index contributed by atoms with van der Waals surface area (Å²) in [5, 5.41) is 11.7. The summed E-state index contributed by atoms with van der Waals surface area (Å²) >= 11 is 6.42. The van der Waals surface area contributed by atoms with Crippen molar-refractivity contribution in [2.24, 2.45) is 0 Å². The second-order valence-corrected chi connectivity index (χ2v) is 8.81. The molecule has 0 saturated carbocycles. The van der Waals surface area contributed by atoms with E-state index < -0.39 is 5.97 Å². The number of carboxylic acids is 1. The second kappa shape index (κ2) is 12.7. The summed E-state index contributed by atoms with van der Waals surface area (Å²) in [5.74, 6) is -0.935. The van der Waals surface area contributed by atoms with Gasteiger partial charge < -0.3 is 20.1 Å². The number of aliphatic carboxylic acids is 1. The van der Waals surface area contributed by atoms with Gasteiger partial charge in [0.05, 0.1) is 22.9 Å². The summed E-state index contributed by atoms with van der Waals surface area (Å²) in [5.41, 5.74) is 2.93. The van der Waals surface area contributed by atoms with Gasteiger partial charge in [-0.05, 0) is 68.7 Å². The van der Waals surface area contributed by atoms with Crippen LogP contribution in [-0.2, 0) is 4.79 Å². The standard InChI is InChI=1S/C28H29ClN2O5/c1-19-11-14-21(15-12-19)30-27(34)20-13-16-22(23(29)18-20)28(35)31(2)24-8-5-6-9-25(24)36-17-7-3-4-10-26(32)33/h5-6,8-9,11-16,18H,3-4,7,10,17H2,1-2H3,(H,30,34)(H,32,33). The third kappa shape index (κ3) is 7.33. The number of amides is 2. The molecule has 0 atom stereocenters. The minimum absolute atomic E-state index is 0.140. The van der Waals surface area contributed by atoms with E-state index in [-0.39, 0.29) is 28.8 Å². The van der Waals surface area contributed by atoms with Crippen LogP contribution in [0.2, 0.25) is 5.02 Å². The Morgan fingerprint density at radius 1 is 0.972 bits per heavy atom. The number of benzene rings is 3. The Morgan fingerprint density at radius 3 is 2.39 bits per heavy atom. The quantitative estimate of drug-likeness (QED) is 0.300. The van der Waals surface area contributed by atoms with Gasteiger partial charge in [0.2, 0.25) is 0 Å². The van der Waals surface area contributed by atoms with Crippen molar-refractivity contribution in [2.75, 3.05) is 23.9 Å². The molecule has 188 valence electrons. The maximum atomic E-state index is 13.2. The zero-order valence-electron chi connectivity index (χ0n) is 20.3. The number of hydrogen-bond donors (Lipinski definition) is 2. The lowest BCUT2D eigenvalue weighted by Gasteiger charge is -2.21. The molecule has 0 bridgehead atoms. The molecule has 0 aliphatic rings. The average molecular weight is 509 g/mol. The van der Waals surface area contributed by atoms with Crippen LogP contribution < -0.4 is 15.0 Å². The summed E-state index contributed by atoms with van der Waals surface area (Å²) in [4.78, 5) is 37.9. The van der Waals surface area contributed by atoms with Crippen LogP contribution >= 0.6 is 11.6 Å². The Hall–Kier alpha value is -3.84. The number of nitrogens with one attached hydrogen (secondary N) is 1. The number of carbonyl (C=O) groups excluding carboxylic acids is 2. The number of aryl methyl sites for hydroxylation is 1. The van der Waals surface area contributed by atoms with Gasteiger partial charge in [-0.2, -0.15) is 0 Å². The monoisotopic (exact) mass is 508 g/mol. The maximum absolute atomic E-state index is 13.2. The molecule has 0 heterocycles. The van der Waals surface area contributed by atoms with Gasteiger partial charge in [0.25, 0.3) is 11.8 Å². The summed E-state index contributed by atoms with van der Waals surface area (Å²) < 4.78 is 5.87. The number of carbonyl (C=O) groups is 3. The fourth-order valence-electron chi connectivity index (χ4n) is 3.55. The van der Waals surface area contributed by atoms with Gasteiger partial charge in [0.15, 0.2) is 0 Å². The number of rotatable bonds is 11. The van der Waals surface area contributed by atoms with Crippen molar-refractivity contribution in [1.29, 1.82) is 0 Å². The molecule has 0 radical (unpaired) electrons. The van der Waals surface area contributed by atoms with Crippen LogP contribution in [0.25, 0.3) is 0 Å². The molecular weight excluding hydrogens is 480 g/mol. The minimum Gasteiger partial charge on any atom is -0.491 e. The number of halogens is 1. The van der Waals surface area contributed by atoms with Gasteiger partial charge in [-0.15, -0.1) is 0 Å². The molecule has 0 saturated heterocycles. The van der Waals surface area contributed by atoms with Gasteiger partial charge in [0.1, 0.15) is 5.75 Å². The van der Waals surface area contributed by atoms with E-state index in [0.29, 0.717) is 42.1 Å². The number of unbranched alkanes of at least 4 members (excludes halogenated alkanes) is 2. The molecule has 0 fully saturated rings. The van der Waals surface area contributed by atoms with Gasteiger partial charge in [-0.25, -0.2) is 0 Å². The van der Waals surface area contributed by atoms with E-state index in [0.717, 1.165) is 12.0 Å². The van der Waals surface area contributed by atoms with Crippen molar-refractivity contribution >= 4 is 40.8 Å². The van der Waals surface area contributed by atoms with E-state index >= 15 is 0 Å². The minimum atomic E-state index is -0.806. The van der Waals surface area contributed by atoms with Crippen LogP contribution in [0.15, 0.2) is 66.7 Å². The topological polar surface area (TPSA) is 95.9 Å². The smallest absolute Gasteiger partial charge is 0.303 e. The molecule has 8 heteroatoms. The molecule has 2 amide bonds. The van der Waals surface area contributed by atoms with Crippen LogP contribution in [0.4, 0.5) is 11.4 Å². The van der Waals surface area contributed by atoms with E-state index in [1.807, 2.05) is 37.3 Å². The number of nitrogens with zero attached hydrogens (tertiary/aromatic N) is 1. The van der Waals surface area contributed by atoms with Crippen molar-refractivity contribution in [3.05, 3.63) is 88.4 Å². The van der Waals surface area contributed by atoms with E-state index in [1.165, 1.54) is 17.0 Å². The number of para-hydroxylation sites is 2. The van der Waals surface area contributed by atoms with Crippen LogP contribution in [0.5, 0.6) is 5.75 Å². The predicted molar refractivity (Wildman–Crippen MR) is 141 cm³/mol. The molecule has 3 aromatic rings. The molecule has 2 N–H and O–H groups in total. The molecule has 3 rings (SSSR count). The lowest BCUT2D eigenvalue weighted by Crippen LogP contribution is -2.27. The lowest BCUT2D eigenvalue weighted by molar-refractivity contribution is -0.137. The maximum Gasteiger partial charge on any atom is 0.303 e. The molecule has 3 aromatic carbocycles. The summed E-state index contributed by atoms with van der Waals surface area (Å²) in [6.07, 6.45) is 2.18. The fraction of sp³-hybridized carbons (Fsp3) is 0.250. The van der Waals surface area contributed by atoms with Crippen molar-refractivity contribution in [1.82, 2.24) is 0 Å². The first-order valence-electron chi connectivity index (χ1n) is 11.7. The largest absolute Gasteiger partial charge is 0.491 e. The van der Waals surface area contributed by atoms with Gasteiger partial charge >= 0.3 is 5.97 Å². The molecule has 0 aliphatic carbocycles. The summed E-state index contributed by atoms with van der Waals surface area (Å²) in [6, 6.07) is 19.2. The molecular formula is C28H29ClN2O5. The van der Waals surface area contributed by atoms with Crippen LogP contribution in [0.3, 0.4) is 0 Å². The molecule has 36 heavy (non-hydrogen) atoms. The van der Waals surface area contributed by atoms with Crippen molar-refractivity contribution in [3.8, 4) is 5.75 Å². The summed E-state index contributed by atoms with van der Waals surface area (Å²) in [6.45, 7) is 2.37. The zero-order chi connectivity index (χ0) is 26.1. The predicted octanol–water partition coefficient (Wildman–Crippen LogP) is 6.20. The first-order chi connectivity index (χ1) is 17.3. The van der Waals surface area contributed by atoms with Crippen LogP contribution in [0.1, 0.15) is 52.0 Å². The molecule has 0 spiro atoms. The Labute approximate surface area is 215 Å². The number of anilines is 2. The Kier molecular flexibility index (Phi) is 9.47. The van der Waals surface area contributed by atoms with E-state index in [1.54, 1.807) is 31.3 Å². The molecule has 0 aromatic heterocycles. The number of ether oxygens (including phenoxy) is 1. The summed E-state index contributed by atoms with van der Waals surface area (Å²) in [7, 11) is 1.63. The van der Waals surface area contributed by atoms with Crippen molar-refractivity contribution in [2.45, 2.75) is 32.6 Å². The second-order valence-electron chi connectivity index (χ2n) is 8.40. The molecule has 0 unspecified atom stereocenters. The van der Waals surface area contributed by atoms with Crippen molar-refractivity contribution in [3.63, 3.8) is 0 Å². The van der Waals surface area contributed by atoms with E-state index in [4.69, 9.17) is 21.4 Å². The first-order valence-corrected chi connectivity index (χ1v) is 12.0. The first kappa shape index (κ1) is 26.8. The van der Waals surface area contributed by atoms with Crippen LogP contribution in [-0.4, -0.2) is 36.5 Å². The average Bonchev–Trinajstić information content (AvgIpc) is 2.86. The normalized spacial score (nSPS) is 10.5. The highest BCUT2D eigenvalue weighted by molar-refractivity contribution is 6.35. The van der Waals surface area contributed by atoms with E-state index in [2.05, 4.69) is 5.32 Å². The van der Waals surface area contributed by atoms with Gasteiger partial charge in [0, 0.05) is 24.7 Å². The molecule has 0 aliphatic heterocycles. The highest BCUT2D eigenvalue weighted by Gasteiger charge is 2.20. The van der Waals surface area contributed by atoms with Crippen LogP contribution in [0, 0.1) is 6.92 Å². The highest BCUT2D eigenvalue weighted by Crippen LogP contribution is 2.30. The SMILES string of the molecule is Cc1ccc(NC(=O)c2ccc(C(=O)N(C)c3ccccc3OCCCCCC(=O)O)c(Cl)c2)cc1.